The van der Waals surface area contributed by atoms with Crippen molar-refractivity contribution in [1.29, 1.82) is 0 Å². The number of hydrogen-bond donors (Lipinski definition) is 2. The summed E-state index contributed by atoms with van der Waals surface area (Å²) in [6, 6.07) is -0.624. The summed E-state index contributed by atoms with van der Waals surface area (Å²) < 4.78 is 0.682. The van der Waals surface area contributed by atoms with E-state index in [1.807, 2.05) is 0 Å². The number of nitrogens with zero attached hydrogens (tertiary/aromatic N) is 1. The van der Waals surface area contributed by atoms with Crippen LogP contribution in [-0.4, -0.2) is 40.7 Å². The van der Waals surface area contributed by atoms with E-state index < -0.39 is 6.04 Å². The molecule has 0 bridgehead atoms. The van der Waals surface area contributed by atoms with Crippen molar-refractivity contribution >= 4 is 16.2 Å². The number of amides is 2. The first-order valence-corrected chi connectivity index (χ1v) is 4.80. The van der Waals surface area contributed by atoms with E-state index >= 15 is 0 Å². The van der Waals surface area contributed by atoms with Gasteiger partial charge in [-0.3, -0.25) is 0 Å². The molecule has 14 heavy (non-hydrogen) atoms. The van der Waals surface area contributed by atoms with E-state index in [-0.39, 0.29) is 18.4 Å². The number of hydrogen-bond acceptors (Lipinski definition) is 3. The van der Waals surface area contributed by atoms with Gasteiger partial charge >= 0.3 is 90.5 Å². The van der Waals surface area contributed by atoms with Crippen LogP contribution >= 0.6 is 0 Å². The second-order valence-electron chi connectivity index (χ2n) is 2.77. The number of carbonyl (C=O) groups is 2. The number of rotatable bonds is 3. The van der Waals surface area contributed by atoms with E-state index in [1.54, 1.807) is 6.08 Å². The first-order chi connectivity index (χ1) is 6.61. The van der Waals surface area contributed by atoms with Crippen molar-refractivity contribution in [2.75, 3.05) is 13.6 Å². The van der Waals surface area contributed by atoms with Crippen molar-refractivity contribution < 1.29 is 26.6 Å². The van der Waals surface area contributed by atoms with Crippen LogP contribution in [0.3, 0.4) is 0 Å². The third-order valence-corrected chi connectivity index (χ3v) is 2.51. The quantitative estimate of drug-likeness (QED) is 0.599. The summed E-state index contributed by atoms with van der Waals surface area (Å²) in [5.74, 6) is -0.465. The van der Waals surface area contributed by atoms with Crippen LogP contribution in [0.1, 0.15) is 0 Å². The summed E-state index contributed by atoms with van der Waals surface area (Å²) in [5.41, 5.74) is 5.45. The molecule has 3 N–H and O–H groups in total. The van der Waals surface area contributed by atoms with Gasteiger partial charge in [-0.25, -0.2) is 0 Å². The number of likely N-dealkylation sites (N-methyl/N-ethyl adjacent to an activating group) is 1. The van der Waals surface area contributed by atoms with Crippen molar-refractivity contribution in [3.63, 3.8) is 0 Å². The molecular formula is C8H11N3O2V. The van der Waals surface area contributed by atoms with E-state index in [9.17, 15) is 9.59 Å². The fourth-order valence-corrected chi connectivity index (χ4v) is 1.72. The van der Waals surface area contributed by atoms with Crippen molar-refractivity contribution in [1.82, 2.24) is 10.2 Å². The molecule has 0 saturated carbocycles. The average Bonchev–Trinajstić information content (AvgIpc) is 2.50. The van der Waals surface area contributed by atoms with Gasteiger partial charge in [0.25, 0.3) is 0 Å². The Morgan fingerprint density at radius 3 is 2.71 bits per heavy atom. The average molecular weight is 232 g/mol. The van der Waals surface area contributed by atoms with Gasteiger partial charge in [-0.2, -0.15) is 0 Å². The molecule has 0 saturated heterocycles. The molecule has 0 aromatic heterocycles. The van der Waals surface area contributed by atoms with Crippen LogP contribution in [0.2, 0.25) is 0 Å². The Balaban J connectivity index is 2.85. The first kappa shape index (κ1) is 11.2. The van der Waals surface area contributed by atoms with E-state index in [2.05, 4.69) is 22.3 Å². The molecule has 2 amide bonds. The summed E-state index contributed by atoms with van der Waals surface area (Å²) in [6.45, 7) is 0.106. The number of nitrogens with two attached hydrogens (primary N) is 1. The second kappa shape index (κ2) is 4.55. The normalized spacial score (nSPS) is 17.4. The topological polar surface area (TPSA) is 75.4 Å². The maximum absolute atomic E-state index is 11.4. The van der Waals surface area contributed by atoms with Gasteiger partial charge < -0.3 is 0 Å². The van der Waals surface area contributed by atoms with Crippen LogP contribution in [0.4, 0.5) is 0 Å². The van der Waals surface area contributed by atoms with Crippen LogP contribution in [-0.2, 0) is 26.6 Å². The zero-order valence-electron chi connectivity index (χ0n) is 7.73. The number of nitrogens with one attached hydrogen (secondary N) is 1. The standard InChI is InChI=1S/C8H11N3O2.V/c1-10-8(13)6(5-9)11-4-2-3-7(11)12;/h2-3,6H,5,9H2,1H3,(H,10,13);. The summed E-state index contributed by atoms with van der Waals surface area (Å²) in [4.78, 5) is 24.1. The van der Waals surface area contributed by atoms with E-state index in [1.165, 1.54) is 18.0 Å². The Labute approximate surface area is 90.8 Å². The fourth-order valence-electron chi connectivity index (χ4n) is 1.23. The molecule has 75 valence electrons. The molecule has 1 unspecified atom stereocenters. The van der Waals surface area contributed by atoms with Crippen molar-refractivity contribution in [3.8, 4) is 0 Å². The van der Waals surface area contributed by atoms with Crippen molar-refractivity contribution in [3.05, 3.63) is 12.2 Å². The Kier molecular flexibility index (Phi) is 3.63. The molecule has 0 aromatic carbocycles. The van der Waals surface area contributed by atoms with Gasteiger partial charge in [0.1, 0.15) is 0 Å². The van der Waals surface area contributed by atoms with Crippen LogP contribution in [0, 0.1) is 0 Å². The molecule has 0 spiro atoms. The zero-order chi connectivity index (χ0) is 10.7. The minimum absolute atomic E-state index is 0.106. The molecule has 5 nitrogen and oxygen atoms in total. The van der Waals surface area contributed by atoms with Gasteiger partial charge in [0, 0.05) is 0 Å². The summed E-state index contributed by atoms with van der Waals surface area (Å²) in [7, 11) is 1.52. The second-order valence-corrected chi connectivity index (χ2v) is 3.48. The van der Waals surface area contributed by atoms with Gasteiger partial charge in [0.2, 0.25) is 0 Å². The first-order valence-electron chi connectivity index (χ1n) is 4.10. The Bertz CT molecular complexity index is 296. The molecule has 1 heterocycles. The molecule has 1 aliphatic rings. The van der Waals surface area contributed by atoms with E-state index in [4.69, 9.17) is 5.73 Å². The Morgan fingerprint density at radius 2 is 2.36 bits per heavy atom. The molecule has 0 aromatic rings. The van der Waals surface area contributed by atoms with Crippen LogP contribution in [0.15, 0.2) is 12.2 Å². The van der Waals surface area contributed by atoms with Gasteiger partial charge in [-0.15, -0.1) is 0 Å². The molecule has 1 atom stereocenters. The van der Waals surface area contributed by atoms with Crippen LogP contribution in [0.25, 0.3) is 0 Å². The van der Waals surface area contributed by atoms with E-state index in [0.717, 1.165) is 0 Å². The fraction of sp³-hybridized carbons (Fsp3) is 0.375. The predicted octanol–water partition coefficient (Wildman–Crippen LogP) is -1.87. The van der Waals surface area contributed by atoms with Crippen LogP contribution < -0.4 is 11.1 Å². The van der Waals surface area contributed by atoms with Crippen molar-refractivity contribution in [2.45, 2.75) is 6.04 Å². The Morgan fingerprint density at radius 1 is 1.71 bits per heavy atom. The molecule has 6 heteroatoms. The van der Waals surface area contributed by atoms with Crippen LogP contribution in [0.5, 0.6) is 0 Å². The predicted molar refractivity (Wildman–Crippen MR) is 47.9 cm³/mol. The molecule has 1 rings (SSSR count). The molecule has 1 aliphatic heterocycles. The third-order valence-electron chi connectivity index (χ3n) is 1.94. The SMILES string of the molecule is CNC(=O)C(CN)N1C(=O)C=C[C]1=[V]. The van der Waals surface area contributed by atoms with Gasteiger partial charge in [0.15, 0.2) is 0 Å². The van der Waals surface area contributed by atoms with Crippen molar-refractivity contribution in [2.24, 2.45) is 5.73 Å². The molecule has 0 aliphatic carbocycles. The van der Waals surface area contributed by atoms with Gasteiger partial charge in [-0.05, 0) is 0 Å². The van der Waals surface area contributed by atoms with Gasteiger partial charge in [-0.1, -0.05) is 0 Å². The maximum atomic E-state index is 11.4. The molecular weight excluding hydrogens is 221 g/mol. The Hall–Kier alpha value is -0.906. The third kappa shape index (κ3) is 1.95. The molecule has 0 radical (unpaired) electrons. The summed E-state index contributed by atoms with van der Waals surface area (Å²) in [6.07, 6.45) is 3.06. The number of carbonyl (C=O) groups excluding carboxylic acids is 2. The zero-order valence-corrected chi connectivity index (χ0v) is 9.12. The summed E-state index contributed by atoms with van der Waals surface area (Å²) in [5, 5.41) is 2.47. The minimum atomic E-state index is -0.624. The summed E-state index contributed by atoms with van der Waals surface area (Å²) >= 11 is 2.24. The monoisotopic (exact) mass is 232 g/mol. The van der Waals surface area contributed by atoms with Gasteiger partial charge in [0.05, 0.1) is 0 Å². The molecule has 0 fully saturated rings. The van der Waals surface area contributed by atoms with E-state index in [0.29, 0.717) is 4.35 Å².